The molecule has 0 saturated carbocycles. The SMILES string of the molecule is CC1CCN(C)CC1(O)C#Cc1ccc(C#Cc2cnccn2)nc1Cc1ccccc1. The van der Waals surface area contributed by atoms with Crippen molar-refractivity contribution in [2.45, 2.75) is 25.4 Å². The molecule has 5 nitrogen and oxygen atoms in total. The fraction of sp³-hybridized carbons (Fsp3) is 0.296. The second kappa shape index (κ2) is 9.75. The second-order valence-electron chi connectivity index (χ2n) is 8.30. The second-order valence-corrected chi connectivity index (χ2v) is 8.30. The van der Waals surface area contributed by atoms with E-state index in [2.05, 4.69) is 57.6 Å². The first-order valence-corrected chi connectivity index (χ1v) is 10.8. The van der Waals surface area contributed by atoms with Crippen molar-refractivity contribution in [3.8, 4) is 23.7 Å². The van der Waals surface area contributed by atoms with Gasteiger partial charge in [-0.05, 0) is 55.5 Å². The lowest BCUT2D eigenvalue weighted by atomic mass is 9.83. The lowest BCUT2D eigenvalue weighted by Gasteiger charge is -2.38. The van der Waals surface area contributed by atoms with Crippen LogP contribution in [0.4, 0.5) is 0 Å². The van der Waals surface area contributed by atoms with Crippen molar-refractivity contribution < 1.29 is 5.11 Å². The molecule has 1 fully saturated rings. The van der Waals surface area contributed by atoms with E-state index in [9.17, 15) is 5.11 Å². The molecule has 1 aliphatic rings. The zero-order chi connectivity index (χ0) is 22.4. The van der Waals surface area contributed by atoms with Crippen LogP contribution in [0, 0.1) is 29.6 Å². The van der Waals surface area contributed by atoms with Crippen LogP contribution >= 0.6 is 0 Å². The molecule has 2 atom stereocenters. The lowest BCUT2D eigenvalue weighted by Crippen LogP contribution is -2.50. The first-order valence-electron chi connectivity index (χ1n) is 10.8. The normalized spacial score (nSPS) is 20.5. The molecule has 1 saturated heterocycles. The molecule has 0 radical (unpaired) electrons. The number of hydrogen-bond donors (Lipinski definition) is 1. The van der Waals surface area contributed by atoms with E-state index in [1.807, 2.05) is 37.4 Å². The first-order chi connectivity index (χ1) is 15.5. The number of aliphatic hydroxyl groups is 1. The molecule has 0 spiro atoms. The van der Waals surface area contributed by atoms with E-state index in [0.29, 0.717) is 24.4 Å². The maximum absolute atomic E-state index is 11.1. The van der Waals surface area contributed by atoms with Gasteiger partial charge in [-0.1, -0.05) is 49.1 Å². The summed E-state index contributed by atoms with van der Waals surface area (Å²) < 4.78 is 0. The number of nitrogens with zero attached hydrogens (tertiary/aromatic N) is 4. The van der Waals surface area contributed by atoms with Gasteiger partial charge in [0.15, 0.2) is 0 Å². The van der Waals surface area contributed by atoms with Gasteiger partial charge in [0, 0.05) is 30.9 Å². The molecule has 0 amide bonds. The summed E-state index contributed by atoms with van der Waals surface area (Å²) >= 11 is 0. The van der Waals surface area contributed by atoms with Gasteiger partial charge in [-0.15, -0.1) is 0 Å². The number of benzene rings is 1. The largest absolute Gasteiger partial charge is 0.376 e. The molecule has 160 valence electrons. The first kappa shape index (κ1) is 21.7. The van der Waals surface area contributed by atoms with E-state index in [1.165, 1.54) is 0 Å². The lowest BCUT2D eigenvalue weighted by molar-refractivity contribution is -0.0173. The Morgan fingerprint density at radius 2 is 1.88 bits per heavy atom. The van der Waals surface area contributed by atoms with E-state index in [4.69, 9.17) is 4.98 Å². The summed E-state index contributed by atoms with van der Waals surface area (Å²) in [5.74, 6) is 12.6. The van der Waals surface area contributed by atoms with Crippen LogP contribution in [-0.2, 0) is 6.42 Å². The Labute approximate surface area is 189 Å². The number of likely N-dealkylation sites (N-methyl/N-ethyl adjacent to an activating group) is 1. The van der Waals surface area contributed by atoms with Crippen molar-refractivity contribution in [3.05, 3.63) is 89.3 Å². The smallest absolute Gasteiger partial charge is 0.140 e. The number of β-amino-alcohol motifs (C(OH)–C–C–N with tert-alkyl or cyclic N) is 1. The third-order valence-corrected chi connectivity index (χ3v) is 5.75. The number of rotatable bonds is 2. The van der Waals surface area contributed by atoms with Crippen molar-refractivity contribution in [3.63, 3.8) is 0 Å². The van der Waals surface area contributed by atoms with Crippen LogP contribution in [0.5, 0.6) is 0 Å². The summed E-state index contributed by atoms with van der Waals surface area (Å²) in [7, 11) is 2.02. The fourth-order valence-corrected chi connectivity index (χ4v) is 3.74. The van der Waals surface area contributed by atoms with Gasteiger partial charge in [-0.3, -0.25) is 4.98 Å². The Bertz CT molecular complexity index is 1190. The van der Waals surface area contributed by atoms with Crippen molar-refractivity contribution >= 4 is 0 Å². The number of pyridine rings is 1. The van der Waals surface area contributed by atoms with Gasteiger partial charge in [0.1, 0.15) is 17.0 Å². The van der Waals surface area contributed by atoms with E-state index >= 15 is 0 Å². The maximum Gasteiger partial charge on any atom is 0.140 e. The Morgan fingerprint density at radius 3 is 2.66 bits per heavy atom. The molecule has 1 aliphatic heterocycles. The molecule has 5 heteroatoms. The molecule has 4 rings (SSSR count). The van der Waals surface area contributed by atoms with Crippen molar-refractivity contribution in [2.24, 2.45) is 5.92 Å². The molecule has 3 aromatic rings. The molecular weight excluding hydrogens is 396 g/mol. The summed E-state index contributed by atoms with van der Waals surface area (Å²) in [6, 6.07) is 14.0. The van der Waals surface area contributed by atoms with Crippen LogP contribution < -0.4 is 0 Å². The van der Waals surface area contributed by atoms with Gasteiger partial charge in [0.25, 0.3) is 0 Å². The third kappa shape index (κ3) is 5.39. The Hall–Kier alpha value is -3.51. The van der Waals surface area contributed by atoms with E-state index in [-0.39, 0.29) is 5.92 Å². The number of likely N-dealkylation sites (tertiary alicyclic amines) is 1. The Kier molecular flexibility index (Phi) is 6.61. The highest BCUT2D eigenvalue weighted by atomic mass is 16.3. The number of piperidine rings is 1. The molecule has 2 aromatic heterocycles. The van der Waals surface area contributed by atoms with Gasteiger partial charge in [-0.25, -0.2) is 9.97 Å². The van der Waals surface area contributed by atoms with E-state index in [1.54, 1.807) is 18.6 Å². The minimum Gasteiger partial charge on any atom is -0.376 e. The Balaban J connectivity index is 1.68. The predicted molar refractivity (Wildman–Crippen MR) is 125 cm³/mol. The average molecular weight is 423 g/mol. The van der Waals surface area contributed by atoms with Crippen LogP contribution in [-0.4, -0.2) is 50.7 Å². The zero-order valence-corrected chi connectivity index (χ0v) is 18.4. The van der Waals surface area contributed by atoms with E-state index < -0.39 is 5.60 Å². The van der Waals surface area contributed by atoms with Crippen LogP contribution in [0.15, 0.2) is 61.1 Å². The summed E-state index contributed by atoms with van der Waals surface area (Å²) in [4.78, 5) is 15.1. The number of aromatic nitrogens is 3. The quantitative estimate of drug-likeness (QED) is 0.644. The van der Waals surface area contributed by atoms with Gasteiger partial charge in [0.2, 0.25) is 0 Å². The summed E-state index contributed by atoms with van der Waals surface area (Å²) in [6.45, 7) is 3.59. The van der Waals surface area contributed by atoms with Crippen molar-refractivity contribution in [1.82, 2.24) is 19.9 Å². The predicted octanol–water partition coefficient (Wildman–Crippen LogP) is 2.92. The van der Waals surface area contributed by atoms with Gasteiger partial charge >= 0.3 is 0 Å². The van der Waals surface area contributed by atoms with Gasteiger partial charge in [0.05, 0.1) is 11.9 Å². The minimum absolute atomic E-state index is 0.119. The summed E-state index contributed by atoms with van der Waals surface area (Å²) in [6.07, 6.45) is 6.42. The Morgan fingerprint density at radius 1 is 1.06 bits per heavy atom. The number of hydrogen-bond acceptors (Lipinski definition) is 5. The molecule has 32 heavy (non-hydrogen) atoms. The van der Waals surface area contributed by atoms with Crippen molar-refractivity contribution in [1.29, 1.82) is 0 Å². The van der Waals surface area contributed by atoms with E-state index in [0.717, 1.165) is 29.8 Å². The summed E-state index contributed by atoms with van der Waals surface area (Å²) in [5, 5.41) is 11.1. The van der Waals surface area contributed by atoms with Crippen LogP contribution in [0.1, 0.15) is 41.6 Å². The summed E-state index contributed by atoms with van der Waals surface area (Å²) in [5.41, 5.74) is 3.02. The molecule has 1 aromatic carbocycles. The topological polar surface area (TPSA) is 62.1 Å². The highest BCUT2D eigenvalue weighted by Gasteiger charge is 2.36. The molecule has 0 aliphatic carbocycles. The van der Waals surface area contributed by atoms with Gasteiger partial charge < -0.3 is 10.0 Å². The van der Waals surface area contributed by atoms with Gasteiger partial charge in [-0.2, -0.15) is 0 Å². The highest BCUT2D eigenvalue weighted by Crippen LogP contribution is 2.26. The van der Waals surface area contributed by atoms with Crippen LogP contribution in [0.3, 0.4) is 0 Å². The molecule has 3 heterocycles. The molecule has 1 N–H and O–H groups in total. The average Bonchev–Trinajstić information content (AvgIpc) is 2.81. The molecule has 2 unspecified atom stereocenters. The molecular formula is C27H26N4O. The zero-order valence-electron chi connectivity index (χ0n) is 18.4. The fourth-order valence-electron chi connectivity index (χ4n) is 3.74. The van der Waals surface area contributed by atoms with Crippen LogP contribution in [0.2, 0.25) is 0 Å². The third-order valence-electron chi connectivity index (χ3n) is 5.75. The van der Waals surface area contributed by atoms with Crippen LogP contribution in [0.25, 0.3) is 0 Å². The van der Waals surface area contributed by atoms with Crippen molar-refractivity contribution in [2.75, 3.05) is 20.1 Å². The molecule has 0 bridgehead atoms. The minimum atomic E-state index is -1.03. The highest BCUT2D eigenvalue weighted by molar-refractivity contribution is 5.46. The maximum atomic E-state index is 11.1. The standard InChI is InChI=1S/C27H26N4O/c1-21-13-17-31(2)20-27(21,32)14-12-23-8-9-24(10-11-25-19-28-15-16-29-25)30-26(23)18-22-6-4-3-5-7-22/h3-9,15-16,19,21,32H,13,17-18,20H2,1-2H3. The monoisotopic (exact) mass is 422 g/mol.